The maximum absolute atomic E-state index is 12.3. The molecule has 19 heavy (non-hydrogen) atoms. The van der Waals surface area contributed by atoms with Crippen molar-refractivity contribution in [2.45, 2.75) is 37.1 Å². The predicted molar refractivity (Wildman–Crippen MR) is 74.6 cm³/mol. The molecule has 1 aromatic carbocycles. The maximum Gasteiger partial charge on any atom is 0.227 e. The average Bonchev–Trinajstić information content (AvgIpc) is 2.84. The first-order chi connectivity index (χ1) is 9.24. The van der Waals surface area contributed by atoms with Crippen molar-refractivity contribution in [3.8, 4) is 5.75 Å². The van der Waals surface area contributed by atoms with Crippen LogP contribution in [0.1, 0.15) is 24.8 Å². The Balaban J connectivity index is 1.63. The van der Waals surface area contributed by atoms with Crippen LogP contribution in [-0.2, 0) is 11.2 Å². The van der Waals surface area contributed by atoms with Crippen molar-refractivity contribution in [3.63, 3.8) is 0 Å². The van der Waals surface area contributed by atoms with Gasteiger partial charge in [-0.25, -0.2) is 0 Å². The molecule has 1 aliphatic carbocycles. The van der Waals surface area contributed by atoms with Gasteiger partial charge in [-0.3, -0.25) is 4.79 Å². The number of hydrogen-bond acceptors (Lipinski definition) is 2. The van der Waals surface area contributed by atoms with Gasteiger partial charge in [-0.1, -0.05) is 18.2 Å². The molecule has 3 atom stereocenters. The molecule has 1 fully saturated rings. The van der Waals surface area contributed by atoms with Gasteiger partial charge in [0.25, 0.3) is 0 Å². The second-order valence-electron chi connectivity index (χ2n) is 5.38. The molecular formula is C15H18ClNO2. The molecule has 1 amide bonds. The number of hydrogen-bond donors (Lipinski definition) is 1. The van der Waals surface area contributed by atoms with Gasteiger partial charge in [0.1, 0.15) is 12.4 Å². The molecule has 3 nitrogen and oxygen atoms in total. The number of rotatable bonds is 2. The number of ether oxygens (including phenoxy) is 1. The van der Waals surface area contributed by atoms with E-state index in [2.05, 4.69) is 5.32 Å². The zero-order chi connectivity index (χ0) is 13.2. The van der Waals surface area contributed by atoms with Crippen LogP contribution in [0.3, 0.4) is 0 Å². The number of para-hydroxylation sites is 1. The zero-order valence-electron chi connectivity index (χ0n) is 10.8. The van der Waals surface area contributed by atoms with Crippen molar-refractivity contribution in [2.75, 3.05) is 6.61 Å². The van der Waals surface area contributed by atoms with Crippen LogP contribution in [0.25, 0.3) is 0 Å². The molecule has 3 unspecified atom stereocenters. The summed E-state index contributed by atoms with van der Waals surface area (Å²) in [5, 5.41) is 3.16. The standard InChI is InChI=1S/C15H18ClNO2/c16-12-5-3-6-13(12)17-15(18)11-8-10-4-1-2-7-14(10)19-9-11/h1-2,4,7,11-13H,3,5-6,8-9H2,(H,17,18). The van der Waals surface area contributed by atoms with Crippen molar-refractivity contribution in [3.05, 3.63) is 29.8 Å². The molecule has 2 aliphatic rings. The molecule has 0 saturated heterocycles. The van der Waals surface area contributed by atoms with E-state index in [0.29, 0.717) is 6.61 Å². The maximum atomic E-state index is 12.3. The third-order valence-electron chi connectivity index (χ3n) is 4.01. The third-order valence-corrected chi connectivity index (χ3v) is 4.53. The fourth-order valence-electron chi connectivity index (χ4n) is 2.87. The molecule has 0 aromatic heterocycles. The lowest BCUT2D eigenvalue weighted by atomic mass is 9.95. The Bertz CT molecular complexity index is 477. The van der Waals surface area contributed by atoms with E-state index in [4.69, 9.17) is 16.3 Å². The highest BCUT2D eigenvalue weighted by Gasteiger charge is 2.31. The Hall–Kier alpha value is -1.22. The summed E-state index contributed by atoms with van der Waals surface area (Å²) in [6.45, 7) is 0.461. The molecule has 0 spiro atoms. The molecule has 0 bridgehead atoms. The summed E-state index contributed by atoms with van der Waals surface area (Å²) in [4.78, 5) is 12.3. The monoisotopic (exact) mass is 279 g/mol. The lowest BCUT2D eigenvalue weighted by Crippen LogP contribution is -2.44. The van der Waals surface area contributed by atoms with Crippen molar-refractivity contribution < 1.29 is 9.53 Å². The van der Waals surface area contributed by atoms with Gasteiger partial charge in [0.05, 0.1) is 11.3 Å². The van der Waals surface area contributed by atoms with Crippen LogP contribution < -0.4 is 10.1 Å². The number of amides is 1. The van der Waals surface area contributed by atoms with Gasteiger partial charge in [-0.2, -0.15) is 0 Å². The molecule has 1 aliphatic heterocycles. The molecule has 4 heteroatoms. The number of fused-ring (bicyclic) bond motifs is 1. The van der Waals surface area contributed by atoms with E-state index in [9.17, 15) is 4.79 Å². The fourth-order valence-corrected chi connectivity index (χ4v) is 3.22. The number of benzene rings is 1. The lowest BCUT2D eigenvalue weighted by molar-refractivity contribution is -0.126. The molecular weight excluding hydrogens is 262 g/mol. The summed E-state index contributed by atoms with van der Waals surface area (Å²) in [5.41, 5.74) is 1.11. The average molecular weight is 280 g/mol. The minimum Gasteiger partial charge on any atom is -0.492 e. The topological polar surface area (TPSA) is 38.3 Å². The second-order valence-corrected chi connectivity index (χ2v) is 5.94. The third kappa shape index (κ3) is 2.71. The van der Waals surface area contributed by atoms with Crippen LogP contribution in [0, 0.1) is 5.92 Å². The molecule has 1 N–H and O–H groups in total. The van der Waals surface area contributed by atoms with E-state index in [1.165, 1.54) is 0 Å². The van der Waals surface area contributed by atoms with Gasteiger partial charge in [-0.15, -0.1) is 11.6 Å². The lowest BCUT2D eigenvalue weighted by Gasteiger charge is -2.26. The Morgan fingerprint density at radius 2 is 2.16 bits per heavy atom. The SMILES string of the molecule is O=C(NC1CCCC1Cl)C1COc2ccccc2C1. The molecule has 102 valence electrons. The summed E-state index contributed by atoms with van der Waals surface area (Å²) < 4.78 is 5.65. The molecule has 0 radical (unpaired) electrons. The molecule has 3 rings (SSSR count). The van der Waals surface area contributed by atoms with Crippen molar-refractivity contribution in [1.29, 1.82) is 0 Å². The van der Waals surface area contributed by atoms with Crippen molar-refractivity contribution in [2.24, 2.45) is 5.92 Å². The van der Waals surface area contributed by atoms with Crippen molar-refractivity contribution in [1.82, 2.24) is 5.32 Å². The van der Waals surface area contributed by atoms with E-state index in [0.717, 1.165) is 37.0 Å². The first kappa shape index (κ1) is 12.8. The summed E-state index contributed by atoms with van der Waals surface area (Å²) >= 11 is 6.20. The highest BCUT2D eigenvalue weighted by atomic mass is 35.5. The molecule has 1 saturated carbocycles. The highest BCUT2D eigenvalue weighted by molar-refractivity contribution is 6.21. The van der Waals surface area contributed by atoms with E-state index >= 15 is 0 Å². The van der Waals surface area contributed by atoms with Gasteiger partial charge >= 0.3 is 0 Å². The second kappa shape index (κ2) is 5.41. The highest BCUT2D eigenvalue weighted by Crippen LogP contribution is 2.28. The molecule has 1 heterocycles. The smallest absolute Gasteiger partial charge is 0.227 e. The van der Waals surface area contributed by atoms with Gasteiger partial charge in [0, 0.05) is 6.04 Å². The first-order valence-electron chi connectivity index (χ1n) is 6.89. The summed E-state index contributed by atoms with van der Waals surface area (Å²) in [6, 6.07) is 8.04. The van der Waals surface area contributed by atoms with E-state index in [-0.39, 0.29) is 23.2 Å². The van der Waals surface area contributed by atoms with E-state index in [1.54, 1.807) is 0 Å². The van der Waals surface area contributed by atoms with Gasteiger partial charge in [-0.05, 0) is 37.3 Å². The first-order valence-corrected chi connectivity index (χ1v) is 7.33. The van der Waals surface area contributed by atoms with Crippen LogP contribution in [-0.4, -0.2) is 23.9 Å². The van der Waals surface area contributed by atoms with Crippen LogP contribution >= 0.6 is 11.6 Å². The molecule has 1 aromatic rings. The summed E-state index contributed by atoms with van der Waals surface area (Å²) in [5.74, 6) is 0.883. The number of carbonyl (C=O) groups excluding carboxylic acids is 1. The number of nitrogens with one attached hydrogen (secondary N) is 1. The fraction of sp³-hybridized carbons (Fsp3) is 0.533. The van der Waals surface area contributed by atoms with Crippen LogP contribution in [0.15, 0.2) is 24.3 Å². The largest absolute Gasteiger partial charge is 0.492 e. The van der Waals surface area contributed by atoms with E-state index in [1.807, 2.05) is 24.3 Å². The van der Waals surface area contributed by atoms with E-state index < -0.39 is 0 Å². The minimum atomic E-state index is -0.0978. The quantitative estimate of drug-likeness (QED) is 0.845. The van der Waals surface area contributed by atoms with Gasteiger partial charge < -0.3 is 10.1 Å². The Labute approximate surface area is 118 Å². The van der Waals surface area contributed by atoms with Gasteiger partial charge in [0.15, 0.2) is 0 Å². The van der Waals surface area contributed by atoms with Crippen LogP contribution in [0.5, 0.6) is 5.75 Å². The minimum absolute atomic E-state index is 0.0760. The Kier molecular flexibility index (Phi) is 3.65. The number of alkyl halides is 1. The summed E-state index contributed by atoms with van der Waals surface area (Å²) in [7, 11) is 0. The van der Waals surface area contributed by atoms with Crippen molar-refractivity contribution >= 4 is 17.5 Å². The van der Waals surface area contributed by atoms with Crippen LogP contribution in [0.2, 0.25) is 0 Å². The zero-order valence-corrected chi connectivity index (χ0v) is 11.5. The summed E-state index contributed by atoms with van der Waals surface area (Å²) in [6.07, 6.45) is 3.84. The van der Waals surface area contributed by atoms with Gasteiger partial charge in [0.2, 0.25) is 5.91 Å². The Morgan fingerprint density at radius 1 is 1.32 bits per heavy atom. The normalized spacial score (nSPS) is 29.4. The predicted octanol–water partition coefficient (Wildman–Crippen LogP) is 2.51. The number of halogens is 1. The number of carbonyl (C=O) groups is 1. The Morgan fingerprint density at radius 3 is 2.95 bits per heavy atom. The van der Waals surface area contributed by atoms with Crippen LogP contribution in [0.4, 0.5) is 0 Å².